The van der Waals surface area contributed by atoms with E-state index in [2.05, 4.69) is 189 Å². The summed E-state index contributed by atoms with van der Waals surface area (Å²) < 4.78 is 2.40. The Morgan fingerprint density at radius 3 is 1.69 bits per heavy atom. The number of benzene rings is 7. The summed E-state index contributed by atoms with van der Waals surface area (Å²) in [6, 6.07) is 59.9. The number of hydrogen-bond donors (Lipinski definition) is 0. The molecule has 0 saturated heterocycles. The van der Waals surface area contributed by atoms with Gasteiger partial charge in [-0.25, -0.2) is 0 Å². The maximum Gasteiger partial charge on any atom is 0.0780 e. The van der Waals surface area contributed by atoms with E-state index < -0.39 is 0 Å². The molecule has 1 aliphatic rings. The highest BCUT2D eigenvalue weighted by atomic mass is 15.0. The number of aromatic nitrogens is 2. The summed E-state index contributed by atoms with van der Waals surface area (Å²) in [7, 11) is 0. The summed E-state index contributed by atoms with van der Waals surface area (Å²) in [5.41, 5.74) is 16.0. The molecule has 0 amide bonds. The molecule has 0 saturated carbocycles. The highest BCUT2D eigenvalue weighted by Crippen LogP contribution is 2.51. The lowest BCUT2D eigenvalue weighted by atomic mass is 9.81. The summed E-state index contributed by atoms with van der Waals surface area (Å²) >= 11 is 0. The van der Waals surface area contributed by atoms with Crippen molar-refractivity contribution in [2.45, 2.75) is 26.2 Å². The first-order valence-electron chi connectivity index (χ1n) is 19.0. The number of nitrogens with zero attached hydrogens (tertiary/aromatic N) is 2. The van der Waals surface area contributed by atoms with Crippen LogP contribution in [-0.2, 0) is 5.41 Å². The molecule has 7 aromatic carbocycles. The van der Waals surface area contributed by atoms with Crippen LogP contribution in [0.15, 0.2) is 195 Å². The number of rotatable bonds is 5. The molecule has 0 unspecified atom stereocenters. The maximum absolute atomic E-state index is 4.74. The zero-order valence-corrected chi connectivity index (χ0v) is 31.5. The predicted octanol–water partition coefficient (Wildman–Crippen LogP) is 14.4. The Kier molecular flexibility index (Phi) is 8.60. The first-order valence-corrected chi connectivity index (χ1v) is 19.0. The van der Waals surface area contributed by atoms with Crippen LogP contribution in [0.5, 0.6) is 0 Å². The van der Waals surface area contributed by atoms with E-state index in [1.165, 1.54) is 82.8 Å². The molecule has 2 heteroatoms. The number of allylic oxidation sites excluding steroid dienone is 3. The normalized spacial score (nSPS) is 12.8. The average Bonchev–Trinajstić information content (AvgIpc) is 3.69. The first-order chi connectivity index (χ1) is 27.0. The molecule has 0 N–H and O–H groups in total. The van der Waals surface area contributed by atoms with Crippen LogP contribution in [0, 0.1) is 0 Å². The van der Waals surface area contributed by atoms with Crippen molar-refractivity contribution in [1.82, 2.24) is 9.55 Å². The van der Waals surface area contributed by atoms with E-state index in [1.54, 1.807) is 6.08 Å². The summed E-state index contributed by atoms with van der Waals surface area (Å²) in [5, 5.41) is 4.95. The molecule has 55 heavy (non-hydrogen) atoms. The Labute approximate surface area is 323 Å². The molecule has 0 fully saturated rings. The van der Waals surface area contributed by atoms with Gasteiger partial charge in [0, 0.05) is 39.0 Å². The van der Waals surface area contributed by atoms with Crippen molar-refractivity contribution < 1.29 is 0 Å². The second-order valence-corrected chi connectivity index (χ2v) is 14.8. The molecule has 0 aliphatic heterocycles. The zero-order valence-electron chi connectivity index (χ0n) is 31.5. The van der Waals surface area contributed by atoms with Crippen molar-refractivity contribution in [3.63, 3.8) is 0 Å². The van der Waals surface area contributed by atoms with Crippen LogP contribution in [0.3, 0.4) is 0 Å². The Bertz CT molecular complexity index is 2860. The number of pyridine rings is 1. The second kappa shape index (κ2) is 13.9. The average molecular weight is 707 g/mol. The zero-order chi connectivity index (χ0) is 37.5. The van der Waals surface area contributed by atoms with Crippen LogP contribution in [0.4, 0.5) is 0 Å². The van der Waals surface area contributed by atoms with E-state index >= 15 is 0 Å². The lowest BCUT2D eigenvalue weighted by Crippen LogP contribution is -2.15. The smallest absolute Gasteiger partial charge is 0.0780 e. The van der Waals surface area contributed by atoms with Gasteiger partial charge in [0.1, 0.15) is 0 Å². The van der Waals surface area contributed by atoms with Crippen LogP contribution in [0.2, 0.25) is 0 Å². The molecule has 9 aromatic rings. The van der Waals surface area contributed by atoms with Crippen LogP contribution in [0.25, 0.3) is 82.9 Å². The minimum absolute atomic E-state index is 0.131. The fourth-order valence-electron chi connectivity index (χ4n) is 8.43. The van der Waals surface area contributed by atoms with Crippen molar-refractivity contribution in [3.8, 4) is 50.3 Å². The third-order valence-electron chi connectivity index (χ3n) is 11.2. The third kappa shape index (κ3) is 5.88. The lowest BCUT2D eigenvalue weighted by molar-refractivity contribution is 0.661. The van der Waals surface area contributed by atoms with Gasteiger partial charge in [-0.2, -0.15) is 0 Å². The molecule has 2 nitrogen and oxygen atoms in total. The Hall–Kier alpha value is -6.77. The molecule has 0 atom stereocenters. The van der Waals surface area contributed by atoms with Gasteiger partial charge in [-0.15, -0.1) is 0 Å². The maximum atomic E-state index is 4.74. The van der Waals surface area contributed by atoms with Crippen molar-refractivity contribution in [3.05, 3.63) is 206 Å². The monoisotopic (exact) mass is 706 g/mol. The van der Waals surface area contributed by atoms with E-state index in [-0.39, 0.29) is 5.41 Å². The molecule has 0 bridgehead atoms. The molecule has 2 aromatic heterocycles. The van der Waals surface area contributed by atoms with Crippen molar-refractivity contribution in [2.75, 3.05) is 0 Å². The molecule has 0 radical (unpaired) electrons. The molecule has 0 spiro atoms. The fourth-order valence-corrected chi connectivity index (χ4v) is 8.43. The third-order valence-corrected chi connectivity index (χ3v) is 11.2. The minimum atomic E-state index is -0.131. The molecule has 2 heterocycles. The van der Waals surface area contributed by atoms with E-state index in [1.807, 2.05) is 25.3 Å². The van der Waals surface area contributed by atoms with E-state index in [0.29, 0.717) is 0 Å². The SMILES string of the molecule is C=C/C=C\C.CC1(C)c2cc(-c3ccc(-c4nccc5ccccc45)cc3)ccc2-c2ccc(-c3cccc(-n4c5ccccc5c5ccccc54)c3)cc21. The summed E-state index contributed by atoms with van der Waals surface area (Å²) in [5.74, 6) is 0. The Morgan fingerprint density at radius 2 is 1.07 bits per heavy atom. The van der Waals surface area contributed by atoms with Crippen molar-refractivity contribution in [1.29, 1.82) is 0 Å². The van der Waals surface area contributed by atoms with Gasteiger partial charge in [0.2, 0.25) is 0 Å². The van der Waals surface area contributed by atoms with Gasteiger partial charge in [0.05, 0.1) is 16.7 Å². The molecular formula is C53H42N2. The molecule has 264 valence electrons. The highest BCUT2D eigenvalue weighted by molar-refractivity contribution is 6.09. The predicted molar refractivity (Wildman–Crippen MR) is 235 cm³/mol. The van der Waals surface area contributed by atoms with Gasteiger partial charge < -0.3 is 4.57 Å². The minimum Gasteiger partial charge on any atom is -0.309 e. The van der Waals surface area contributed by atoms with Gasteiger partial charge >= 0.3 is 0 Å². The van der Waals surface area contributed by atoms with Crippen LogP contribution < -0.4 is 0 Å². The number of para-hydroxylation sites is 2. The first kappa shape index (κ1) is 34.0. The van der Waals surface area contributed by atoms with Gasteiger partial charge in [0.25, 0.3) is 0 Å². The van der Waals surface area contributed by atoms with Crippen LogP contribution in [-0.4, -0.2) is 9.55 Å². The largest absolute Gasteiger partial charge is 0.309 e. The van der Waals surface area contributed by atoms with Crippen molar-refractivity contribution >= 4 is 32.6 Å². The molecule has 1 aliphatic carbocycles. The lowest BCUT2D eigenvalue weighted by Gasteiger charge is -2.23. The Morgan fingerprint density at radius 1 is 0.527 bits per heavy atom. The van der Waals surface area contributed by atoms with Gasteiger partial charge in [0.15, 0.2) is 0 Å². The quantitative estimate of drug-likeness (QED) is 0.163. The van der Waals surface area contributed by atoms with Crippen LogP contribution >= 0.6 is 0 Å². The highest BCUT2D eigenvalue weighted by Gasteiger charge is 2.36. The fraction of sp³-hybridized carbons (Fsp3) is 0.0755. The topological polar surface area (TPSA) is 17.8 Å². The van der Waals surface area contributed by atoms with E-state index in [4.69, 9.17) is 4.98 Å². The summed E-state index contributed by atoms with van der Waals surface area (Å²) in [6.45, 7) is 10.2. The molecular weight excluding hydrogens is 665 g/mol. The Balaban J connectivity index is 0.000000748. The standard InChI is InChI=1S/C48H34N2.C5H8/c1-48(2)43-29-35(31-18-20-33(21-19-31)47-38-13-4-3-10-32(38)26-27-49-47)22-24-39(43)40-25-23-36(30-44(40)48)34-11-9-12-37(28-34)50-45-16-7-5-14-41(45)42-15-6-8-17-46(42)50;1-3-5-4-2/h3-30H,1-2H3;3-5H,1H2,2H3/b;5-4-. The van der Waals surface area contributed by atoms with E-state index in [0.717, 1.165) is 11.3 Å². The number of fused-ring (bicyclic) bond motifs is 7. The van der Waals surface area contributed by atoms with Gasteiger partial charge in [-0.05, 0) is 99.3 Å². The van der Waals surface area contributed by atoms with Gasteiger partial charge in [-0.1, -0.05) is 160 Å². The molecule has 10 rings (SSSR count). The summed E-state index contributed by atoms with van der Waals surface area (Å²) in [4.78, 5) is 4.74. The van der Waals surface area contributed by atoms with Gasteiger partial charge in [-0.3, -0.25) is 4.98 Å². The second-order valence-electron chi connectivity index (χ2n) is 14.8. The van der Waals surface area contributed by atoms with E-state index in [9.17, 15) is 0 Å². The summed E-state index contributed by atoms with van der Waals surface area (Å²) in [6.07, 6.45) is 7.48. The van der Waals surface area contributed by atoms with Crippen molar-refractivity contribution in [2.24, 2.45) is 0 Å². The van der Waals surface area contributed by atoms with Crippen LogP contribution in [0.1, 0.15) is 31.9 Å². The number of hydrogen-bond acceptors (Lipinski definition) is 1.